The molecular weight excluding hydrogens is 397 g/mol. The second kappa shape index (κ2) is 6.72. The average molecular weight is 407 g/mol. The molecule has 0 aliphatic rings. The van der Waals surface area contributed by atoms with E-state index in [0.717, 1.165) is 5.56 Å². The lowest BCUT2D eigenvalue weighted by Gasteiger charge is -2.07. The Hall–Kier alpha value is -2.41. The molecule has 0 radical (unpaired) electrons. The van der Waals surface area contributed by atoms with Crippen LogP contribution in [0.5, 0.6) is 0 Å². The minimum absolute atomic E-state index is 0.174. The Balaban J connectivity index is 1.76. The van der Waals surface area contributed by atoms with Crippen molar-refractivity contribution in [2.75, 3.05) is 0 Å². The van der Waals surface area contributed by atoms with E-state index >= 15 is 0 Å². The molecule has 2 heterocycles. The van der Waals surface area contributed by atoms with E-state index in [1.165, 1.54) is 15.6 Å². The van der Waals surface area contributed by atoms with Crippen LogP contribution >= 0.6 is 34.8 Å². The highest BCUT2D eigenvalue weighted by atomic mass is 35.5. The zero-order valence-electron chi connectivity index (χ0n) is 13.1. The highest BCUT2D eigenvalue weighted by molar-refractivity contribution is 6.42. The van der Waals surface area contributed by atoms with Crippen LogP contribution in [0.1, 0.15) is 5.56 Å². The molecule has 0 amide bonds. The first-order valence-electron chi connectivity index (χ1n) is 7.53. The summed E-state index contributed by atoms with van der Waals surface area (Å²) in [6, 6.07) is 12.3. The number of hydrogen-bond acceptors (Lipinski definition) is 4. The van der Waals surface area contributed by atoms with Gasteiger partial charge in [0.1, 0.15) is 6.33 Å². The van der Waals surface area contributed by atoms with E-state index in [9.17, 15) is 4.79 Å². The Morgan fingerprint density at radius 3 is 2.62 bits per heavy atom. The van der Waals surface area contributed by atoms with Gasteiger partial charge in [0, 0.05) is 5.02 Å². The Labute approximate surface area is 162 Å². The summed E-state index contributed by atoms with van der Waals surface area (Å²) in [5.74, 6) is 0. The van der Waals surface area contributed by atoms with E-state index in [2.05, 4.69) is 15.3 Å². The van der Waals surface area contributed by atoms with Gasteiger partial charge in [-0.05, 0) is 35.9 Å². The van der Waals surface area contributed by atoms with Crippen molar-refractivity contribution < 1.29 is 0 Å². The van der Waals surface area contributed by atoms with Crippen molar-refractivity contribution in [2.45, 2.75) is 6.54 Å². The number of benzene rings is 2. The van der Waals surface area contributed by atoms with Gasteiger partial charge >= 0.3 is 0 Å². The summed E-state index contributed by atoms with van der Waals surface area (Å²) >= 11 is 18.0. The number of rotatable bonds is 3. The van der Waals surface area contributed by atoms with Crippen LogP contribution in [0.4, 0.5) is 0 Å². The van der Waals surface area contributed by atoms with Gasteiger partial charge in [0.15, 0.2) is 11.2 Å². The number of fused-ring (bicyclic) bond motifs is 1. The van der Waals surface area contributed by atoms with Gasteiger partial charge in [-0.25, -0.2) is 4.98 Å². The first-order valence-corrected chi connectivity index (χ1v) is 8.67. The summed E-state index contributed by atoms with van der Waals surface area (Å²) in [6.45, 7) is 0.294. The fourth-order valence-corrected chi connectivity index (χ4v) is 3.08. The van der Waals surface area contributed by atoms with Crippen LogP contribution < -0.4 is 5.56 Å². The maximum atomic E-state index is 12.7. The summed E-state index contributed by atoms with van der Waals surface area (Å²) in [5, 5.41) is 9.46. The van der Waals surface area contributed by atoms with Crippen LogP contribution in [-0.2, 0) is 6.54 Å². The molecule has 0 N–H and O–H groups in total. The van der Waals surface area contributed by atoms with E-state index in [-0.39, 0.29) is 11.1 Å². The molecule has 0 unspecified atom stereocenters. The second-order valence-corrected chi connectivity index (χ2v) is 6.83. The van der Waals surface area contributed by atoms with Gasteiger partial charge in [-0.2, -0.15) is 4.68 Å². The topological polar surface area (TPSA) is 65.6 Å². The molecule has 0 aliphatic heterocycles. The molecule has 4 aromatic rings. The molecule has 2 aromatic carbocycles. The molecular formula is C17H10Cl3N5O. The van der Waals surface area contributed by atoms with E-state index in [0.29, 0.717) is 32.9 Å². The molecule has 130 valence electrons. The highest BCUT2D eigenvalue weighted by Crippen LogP contribution is 2.23. The highest BCUT2D eigenvalue weighted by Gasteiger charge is 2.14. The molecule has 4 rings (SSSR count). The Morgan fingerprint density at radius 1 is 1.00 bits per heavy atom. The number of nitrogens with zero attached hydrogens (tertiary/aromatic N) is 5. The molecule has 0 bridgehead atoms. The Morgan fingerprint density at radius 2 is 1.85 bits per heavy atom. The summed E-state index contributed by atoms with van der Waals surface area (Å²) in [4.78, 5) is 17.1. The summed E-state index contributed by atoms with van der Waals surface area (Å²) in [7, 11) is 0. The summed E-state index contributed by atoms with van der Waals surface area (Å²) in [5.41, 5.74) is 1.74. The molecule has 9 heteroatoms. The smallest absolute Gasteiger partial charge is 0.283 e. The lowest BCUT2D eigenvalue weighted by Crippen LogP contribution is -2.21. The SMILES string of the molecule is O=c1c2nnn(-c3cccc(Cl)c3)c2ncn1Cc1ccc(Cl)c(Cl)c1. The third kappa shape index (κ3) is 3.07. The van der Waals surface area contributed by atoms with Crippen LogP contribution in [0.3, 0.4) is 0 Å². The van der Waals surface area contributed by atoms with Crippen LogP contribution in [0.2, 0.25) is 15.1 Å². The second-order valence-electron chi connectivity index (χ2n) is 5.58. The lowest BCUT2D eigenvalue weighted by molar-refractivity contribution is 0.745. The quantitative estimate of drug-likeness (QED) is 0.516. The van der Waals surface area contributed by atoms with Gasteiger partial charge < -0.3 is 0 Å². The molecule has 0 aliphatic carbocycles. The van der Waals surface area contributed by atoms with Crippen LogP contribution in [0.15, 0.2) is 53.6 Å². The number of hydrogen-bond donors (Lipinski definition) is 0. The van der Waals surface area contributed by atoms with Crippen LogP contribution in [0, 0.1) is 0 Å². The minimum atomic E-state index is -0.297. The molecule has 0 atom stereocenters. The molecule has 26 heavy (non-hydrogen) atoms. The molecule has 0 fully saturated rings. The molecule has 0 saturated carbocycles. The third-order valence-electron chi connectivity index (χ3n) is 3.82. The third-order valence-corrected chi connectivity index (χ3v) is 4.79. The van der Waals surface area contributed by atoms with E-state index in [1.807, 2.05) is 6.07 Å². The van der Waals surface area contributed by atoms with Crippen LogP contribution in [0.25, 0.3) is 16.9 Å². The van der Waals surface area contributed by atoms with Gasteiger partial charge in [0.25, 0.3) is 5.56 Å². The van der Waals surface area contributed by atoms with Gasteiger partial charge in [0.2, 0.25) is 0 Å². The number of halogens is 3. The largest absolute Gasteiger partial charge is 0.293 e. The first kappa shape index (κ1) is 17.0. The van der Waals surface area contributed by atoms with Gasteiger partial charge in [-0.3, -0.25) is 9.36 Å². The van der Waals surface area contributed by atoms with Gasteiger partial charge in [0.05, 0.1) is 22.3 Å². The molecule has 0 spiro atoms. The first-order chi connectivity index (χ1) is 12.5. The van der Waals surface area contributed by atoms with Crippen molar-refractivity contribution in [2.24, 2.45) is 0 Å². The fraction of sp³-hybridized carbons (Fsp3) is 0.0588. The van der Waals surface area contributed by atoms with Crippen molar-refractivity contribution in [3.63, 3.8) is 0 Å². The Kier molecular flexibility index (Phi) is 4.40. The van der Waals surface area contributed by atoms with Crippen molar-refractivity contribution >= 4 is 46.0 Å². The van der Waals surface area contributed by atoms with Crippen molar-refractivity contribution in [1.29, 1.82) is 0 Å². The lowest BCUT2D eigenvalue weighted by atomic mass is 10.2. The van der Waals surface area contributed by atoms with Crippen molar-refractivity contribution in [3.8, 4) is 5.69 Å². The predicted octanol–water partition coefficient (Wildman–Crippen LogP) is 3.99. The fourth-order valence-electron chi connectivity index (χ4n) is 2.57. The maximum Gasteiger partial charge on any atom is 0.283 e. The maximum absolute atomic E-state index is 12.7. The molecule has 6 nitrogen and oxygen atoms in total. The minimum Gasteiger partial charge on any atom is -0.293 e. The summed E-state index contributed by atoms with van der Waals surface area (Å²) in [6.07, 6.45) is 1.46. The van der Waals surface area contributed by atoms with Crippen molar-refractivity contribution in [3.05, 3.63) is 79.8 Å². The zero-order valence-corrected chi connectivity index (χ0v) is 15.4. The normalized spacial score (nSPS) is 11.2. The zero-order chi connectivity index (χ0) is 18.3. The predicted molar refractivity (Wildman–Crippen MR) is 101 cm³/mol. The van der Waals surface area contributed by atoms with Gasteiger partial charge in [-0.15, -0.1) is 5.10 Å². The van der Waals surface area contributed by atoms with E-state index < -0.39 is 0 Å². The van der Waals surface area contributed by atoms with E-state index in [1.54, 1.807) is 36.4 Å². The average Bonchev–Trinajstić information content (AvgIpc) is 3.05. The molecule has 0 saturated heterocycles. The van der Waals surface area contributed by atoms with Crippen molar-refractivity contribution in [1.82, 2.24) is 24.5 Å². The van der Waals surface area contributed by atoms with Gasteiger partial charge in [-0.1, -0.05) is 52.1 Å². The Bertz CT molecular complexity index is 1180. The number of aromatic nitrogens is 5. The molecule has 2 aromatic heterocycles. The summed E-state index contributed by atoms with van der Waals surface area (Å²) < 4.78 is 2.92. The van der Waals surface area contributed by atoms with Crippen LogP contribution in [-0.4, -0.2) is 24.5 Å². The standard InChI is InChI=1S/C17H10Cl3N5O/c18-11-2-1-3-12(7-11)25-16-15(22-23-25)17(26)24(9-21-16)8-10-4-5-13(19)14(20)6-10/h1-7,9H,8H2. The monoisotopic (exact) mass is 405 g/mol. The van der Waals surface area contributed by atoms with E-state index in [4.69, 9.17) is 34.8 Å².